The first kappa shape index (κ1) is 15.2. The molecule has 0 saturated carbocycles. The summed E-state index contributed by atoms with van der Waals surface area (Å²) < 4.78 is 53.9. The van der Waals surface area contributed by atoms with Gasteiger partial charge in [-0.3, -0.25) is 4.72 Å². The summed E-state index contributed by atoms with van der Waals surface area (Å²) in [4.78, 5) is -0.569. The number of hydrogen-bond donors (Lipinski definition) is 2. The number of benzene rings is 2. The standard InChI is InChI=1S/C14H14F2N2O2S/c1-8-3-4-11(7-12(8)15)18-21(19,20)13-6-10(17)5-9(2)14(13)16/h3-7,18H,17H2,1-2H3. The van der Waals surface area contributed by atoms with E-state index >= 15 is 0 Å². The predicted molar refractivity (Wildman–Crippen MR) is 77.5 cm³/mol. The van der Waals surface area contributed by atoms with E-state index < -0.39 is 26.6 Å². The van der Waals surface area contributed by atoms with Crippen molar-refractivity contribution >= 4 is 21.4 Å². The first-order valence-electron chi connectivity index (χ1n) is 6.05. The normalized spacial score (nSPS) is 11.4. The summed E-state index contributed by atoms with van der Waals surface area (Å²) in [6, 6.07) is 6.21. The second kappa shape index (κ2) is 5.33. The summed E-state index contributed by atoms with van der Waals surface area (Å²) in [5.41, 5.74) is 6.18. The first-order valence-corrected chi connectivity index (χ1v) is 7.53. The molecule has 0 atom stereocenters. The van der Waals surface area contributed by atoms with Gasteiger partial charge in [-0.25, -0.2) is 17.2 Å². The number of aryl methyl sites for hydroxylation is 2. The Bertz CT molecular complexity index is 805. The van der Waals surface area contributed by atoms with Crippen LogP contribution in [0.4, 0.5) is 20.2 Å². The highest BCUT2D eigenvalue weighted by Gasteiger charge is 2.21. The average molecular weight is 312 g/mol. The Hall–Kier alpha value is -2.15. The maximum atomic E-state index is 14.0. The van der Waals surface area contributed by atoms with Crippen molar-refractivity contribution in [3.05, 3.63) is 53.1 Å². The van der Waals surface area contributed by atoms with Gasteiger partial charge in [0, 0.05) is 5.69 Å². The van der Waals surface area contributed by atoms with Gasteiger partial charge in [-0.1, -0.05) is 6.07 Å². The number of nitrogen functional groups attached to an aromatic ring is 1. The van der Waals surface area contributed by atoms with Gasteiger partial charge >= 0.3 is 0 Å². The molecule has 2 aromatic carbocycles. The van der Waals surface area contributed by atoms with Gasteiger partial charge in [0.05, 0.1) is 5.69 Å². The van der Waals surface area contributed by atoms with E-state index in [9.17, 15) is 17.2 Å². The number of nitrogens with two attached hydrogens (primary N) is 1. The van der Waals surface area contributed by atoms with Gasteiger partial charge in [0.1, 0.15) is 16.5 Å². The minimum Gasteiger partial charge on any atom is -0.399 e. The third kappa shape index (κ3) is 3.13. The van der Waals surface area contributed by atoms with Crippen LogP contribution in [0.15, 0.2) is 35.2 Å². The molecule has 0 bridgehead atoms. The zero-order valence-electron chi connectivity index (χ0n) is 11.4. The molecule has 0 heterocycles. The van der Waals surface area contributed by atoms with Crippen molar-refractivity contribution in [1.82, 2.24) is 0 Å². The van der Waals surface area contributed by atoms with Crippen LogP contribution in [-0.4, -0.2) is 8.42 Å². The van der Waals surface area contributed by atoms with Crippen molar-refractivity contribution in [1.29, 1.82) is 0 Å². The fraction of sp³-hybridized carbons (Fsp3) is 0.143. The molecule has 0 fully saturated rings. The SMILES string of the molecule is Cc1ccc(NS(=O)(=O)c2cc(N)cc(C)c2F)cc1F. The highest BCUT2D eigenvalue weighted by Crippen LogP contribution is 2.24. The number of rotatable bonds is 3. The topological polar surface area (TPSA) is 72.2 Å². The van der Waals surface area contributed by atoms with Crippen LogP contribution in [0.25, 0.3) is 0 Å². The molecule has 112 valence electrons. The van der Waals surface area contributed by atoms with Gasteiger partial charge in [-0.05, 0) is 49.2 Å². The Balaban J connectivity index is 2.45. The number of sulfonamides is 1. The quantitative estimate of drug-likeness (QED) is 0.856. The van der Waals surface area contributed by atoms with Gasteiger partial charge in [0.15, 0.2) is 0 Å². The van der Waals surface area contributed by atoms with E-state index in [4.69, 9.17) is 5.73 Å². The predicted octanol–water partition coefficient (Wildman–Crippen LogP) is 2.96. The maximum absolute atomic E-state index is 14.0. The molecular weight excluding hydrogens is 298 g/mol. The fourth-order valence-electron chi connectivity index (χ4n) is 1.83. The van der Waals surface area contributed by atoms with Crippen LogP contribution in [0.2, 0.25) is 0 Å². The van der Waals surface area contributed by atoms with E-state index in [1.54, 1.807) is 6.92 Å². The summed E-state index contributed by atoms with van der Waals surface area (Å²) in [6.07, 6.45) is 0. The fourth-order valence-corrected chi connectivity index (χ4v) is 3.06. The average Bonchev–Trinajstić information content (AvgIpc) is 2.37. The number of halogens is 2. The molecule has 0 radical (unpaired) electrons. The van der Waals surface area contributed by atoms with Crippen molar-refractivity contribution in [3.8, 4) is 0 Å². The molecule has 7 heteroatoms. The van der Waals surface area contributed by atoms with Crippen molar-refractivity contribution in [2.24, 2.45) is 0 Å². The monoisotopic (exact) mass is 312 g/mol. The van der Waals surface area contributed by atoms with Crippen LogP contribution in [0.3, 0.4) is 0 Å². The molecule has 4 nitrogen and oxygen atoms in total. The number of hydrogen-bond acceptors (Lipinski definition) is 3. The highest BCUT2D eigenvalue weighted by atomic mass is 32.2. The lowest BCUT2D eigenvalue weighted by Crippen LogP contribution is -2.16. The molecule has 0 aromatic heterocycles. The molecule has 21 heavy (non-hydrogen) atoms. The summed E-state index contributed by atoms with van der Waals surface area (Å²) in [5.74, 6) is -1.44. The minimum atomic E-state index is -4.19. The van der Waals surface area contributed by atoms with Gasteiger partial charge in [-0.2, -0.15) is 0 Å². The summed E-state index contributed by atoms with van der Waals surface area (Å²) in [7, 11) is -4.19. The van der Waals surface area contributed by atoms with Gasteiger partial charge in [0.2, 0.25) is 0 Å². The van der Waals surface area contributed by atoms with Crippen LogP contribution in [0.1, 0.15) is 11.1 Å². The minimum absolute atomic E-state index is 0.0116. The molecule has 2 aromatic rings. The molecule has 2 rings (SSSR count). The van der Waals surface area contributed by atoms with Gasteiger partial charge < -0.3 is 5.73 Å². The van der Waals surface area contributed by atoms with E-state index in [0.29, 0.717) is 5.56 Å². The number of anilines is 2. The molecule has 0 saturated heterocycles. The molecule has 0 aliphatic rings. The smallest absolute Gasteiger partial charge is 0.264 e. The molecule has 0 aliphatic carbocycles. The van der Waals surface area contributed by atoms with Crippen LogP contribution in [0.5, 0.6) is 0 Å². The zero-order chi connectivity index (χ0) is 15.8. The van der Waals surface area contributed by atoms with E-state index in [1.807, 2.05) is 0 Å². The Kier molecular flexibility index (Phi) is 3.87. The van der Waals surface area contributed by atoms with Gasteiger partial charge in [-0.15, -0.1) is 0 Å². The Labute approximate surface area is 121 Å². The molecule has 0 unspecified atom stereocenters. The van der Waals surface area contributed by atoms with Crippen LogP contribution >= 0.6 is 0 Å². The van der Waals surface area contributed by atoms with E-state index in [1.165, 1.54) is 25.1 Å². The highest BCUT2D eigenvalue weighted by molar-refractivity contribution is 7.92. The lowest BCUT2D eigenvalue weighted by atomic mass is 10.2. The van der Waals surface area contributed by atoms with Crippen LogP contribution in [0, 0.1) is 25.5 Å². The van der Waals surface area contributed by atoms with Crippen molar-refractivity contribution in [2.45, 2.75) is 18.7 Å². The second-order valence-corrected chi connectivity index (χ2v) is 6.37. The third-order valence-corrected chi connectivity index (χ3v) is 4.34. The third-order valence-electron chi connectivity index (χ3n) is 2.96. The Morgan fingerprint density at radius 1 is 1.05 bits per heavy atom. The first-order chi connectivity index (χ1) is 9.70. The maximum Gasteiger partial charge on any atom is 0.264 e. The summed E-state index contributed by atoms with van der Waals surface area (Å²) >= 11 is 0. The van der Waals surface area contributed by atoms with Crippen LogP contribution < -0.4 is 10.5 Å². The molecule has 0 spiro atoms. The van der Waals surface area contributed by atoms with E-state index in [-0.39, 0.29) is 16.9 Å². The molecule has 0 aliphatic heterocycles. The summed E-state index contributed by atoms with van der Waals surface area (Å²) in [6.45, 7) is 2.96. The molecule has 0 amide bonds. The molecule has 3 N–H and O–H groups in total. The Morgan fingerprint density at radius 2 is 1.71 bits per heavy atom. The van der Waals surface area contributed by atoms with E-state index in [2.05, 4.69) is 4.72 Å². The van der Waals surface area contributed by atoms with Crippen LogP contribution in [-0.2, 0) is 10.0 Å². The lowest BCUT2D eigenvalue weighted by molar-refractivity contribution is 0.565. The van der Waals surface area contributed by atoms with E-state index in [0.717, 1.165) is 12.1 Å². The van der Waals surface area contributed by atoms with Crippen molar-refractivity contribution in [2.75, 3.05) is 10.5 Å². The number of nitrogens with one attached hydrogen (secondary N) is 1. The molecular formula is C14H14F2N2O2S. The largest absolute Gasteiger partial charge is 0.399 e. The Morgan fingerprint density at radius 3 is 2.33 bits per heavy atom. The summed E-state index contributed by atoms with van der Waals surface area (Å²) in [5, 5.41) is 0. The lowest BCUT2D eigenvalue weighted by Gasteiger charge is -2.11. The van der Waals surface area contributed by atoms with Gasteiger partial charge in [0.25, 0.3) is 10.0 Å². The van der Waals surface area contributed by atoms with Crippen molar-refractivity contribution in [3.63, 3.8) is 0 Å². The second-order valence-electron chi connectivity index (χ2n) is 4.72. The van der Waals surface area contributed by atoms with Crippen molar-refractivity contribution < 1.29 is 17.2 Å². The zero-order valence-corrected chi connectivity index (χ0v) is 12.3.